The van der Waals surface area contributed by atoms with Gasteiger partial charge in [-0.2, -0.15) is 0 Å². The van der Waals surface area contributed by atoms with E-state index in [2.05, 4.69) is 10.2 Å². The zero-order valence-corrected chi connectivity index (χ0v) is 13.7. The van der Waals surface area contributed by atoms with Gasteiger partial charge in [-0.3, -0.25) is 19.4 Å². The molecule has 3 rings (SSSR count). The number of hydrogen-bond acceptors (Lipinski definition) is 4. The van der Waals surface area contributed by atoms with Crippen LogP contribution in [0.15, 0.2) is 24.3 Å². The van der Waals surface area contributed by atoms with Gasteiger partial charge in [-0.05, 0) is 17.7 Å². The van der Waals surface area contributed by atoms with Crippen molar-refractivity contribution < 1.29 is 14.0 Å². The maximum absolute atomic E-state index is 13.4. The molecule has 0 radical (unpaired) electrons. The van der Waals surface area contributed by atoms with Crippen molar-refractivity contribution >= 4 is 24.2 Å². The molecular formula is C16H21ClFN3O2. The Bertz CT molecular complexity index is 568. The Labute approximate surface area is 141 Å². The molecule has 1 atom stereocenters. The zero-order valence-electron chi connectivity index (χ0n) is 12.8. The van der Waals surface area contributed by atoms with Gasteiger partial charge in [-0.1, -0.05) is 12.1 Å². The topological polar surface area (TPSA) is 52.7 Å². The normalized spacial score (nSPS) is 22.3. The summed E-state index contributed by atoms with van der Waals surface area (Å²) in [6, 6.07) is 6.69. The lowest BCUT2D eigenvalue weighted by Crippen LogP contribution is -2.48. The van der Waals surface area contributed by atoms with Crippen LogP contribution in [0.25, 0.3) is 0 Å². The summed E-state index contributed by atoms with van der Waals surface area (Å²) in [5.74, 6) is -0.405. The first kappa shape index (κ1) is 17.8. The minimum absolute atomic E-state index is 0. The van der Waals surface area contributed by atoms with E-state index < -0.39 is 0 Å². The first-order valence-electron chi connectivity index (χ1n) is 7.68. The number of halogens is 2. The number of carbonyl (C=O) groups is 2. The Balaban J connectivity index is 0.00000192. The van der Waals surface area contributed by atoms with Crippen molar-refractivity contribution in [2.45, 2.75) is 18.9 Å². The van der Waals surface area contributed by atoms with Crippen LogP contribution < -0.4 is 5.32 Å². The van der Waals surface area contributed by atoms with E-state index in [1.54, 1.807) is 12.1 Å². The lowest BCUT2D eigenvalue weighted by molar-refractivity contribution is -0.138. The summed E-state index contributed by atoms with van der Waals surface area (Å²) in [4.78, 5) is 26.9. The van der Waals surface area contributed by atoms with Crippen LogP contribution in [0.5, 0.6) is 0 Å². The van der Waals surface area contributed by atoms with Gasteiger partial charge >= 0.3 is 0 Å². The van der Waals surface area contributed by atoms with Crippen LogP contribution in [-0.2, 0) is 9.59 Å². The lowest BCUT2D eigenvalue weighted by atomic mass is 10.0. The minimum Gasteiger partial charge on any atom is -0.314 e. The molecule has 2 amide bonds. The number of amides is 2. The summed E-state index contributed by atoms with van der Waals surface area (Å²) in [7, 11) is 0. The van der Waals surface area contributed by atoms with Crippen LogP contribution in [0.1, 0.15) is 24.4 Å². The maximum atomic E-state index is 13.4. The fraction of sp³-hybridized carbons (Fsp3) is 0.500. The Morgan fingerprint density at radius 2 is 1.91 bits per heavy atom. The summed E-state index contributed by atoms with van der Waals surface area (Å²) < 4.78 is 13.4. The molecule has 1 N–H and O–H groups in total. The Hall–Kier alpha value is -1.50. The molecule has 1 aromatic carbocycles. The molecule has 0 spiro atoms. The van der Waals surface area contributed by atoms with Gasteiger partial charge in [-0.15, -0.1) is 12.4 Å². The van der Waals surface area contributed by atoms with Gasteiger partial charge in [0.25, 0.3) is 0 Å². The quantitative estimate of drug-likeness (QED) is 0.840. The number of carbonyl (C=O) groups excluding carboxylic acids is 2. The van der Waals surface area contributed by atoms with Gasteiger partial charge < -0.3 is 5.32 Å². The molecule has 0 saturated carbocycles. The molecule has 126 valence electrons. The third-order valence-corrected chi connectivity index (χ3v) is 4.35. The van der Waals surface area contributed by atoms with E-state index in [4.69, 9.17) is 0 Å². The average molecular weight is 342 g/mol. The molecule has 1 aromatic rings. The fourth-order valence-corrected chi connectivity index (χ4v) is 3.16. The molecule has 0 aromatic heterocycles. The SMILES string of the molecule is Cl.O=C1CCC(=O)N1CCN1CCNCC1c1cccc(F)c1. The highest BCUT2D eigenvalue weighted by atomic mass is 35.5. The number of benzene rings is 1. The minimum atomic E-state index is -0.243. The van der Waals surface area contributed by atoms with Crippen LogP contribution >= 0.6 is 12.4 Å². The van der Waals surface area contributed by atoms with Crippen molar-refractivity contribution in [1.82, 2.24) is 15.1 Å². The smallest absolute Gasteiger partial charge is 0.229 e. The number of hydrogen-bond donors (Lipinski definition) is 1. The molecule has 23 heavy (non-hydrogen) atoms. The van der Waals surface area contributed by atoms with Crippen molar-refractivity contribution in [2.75, 3.05) is 32.7 Å². The van der Waals surface area contributed by atoms with Gasteiger partial charge in [0, 0.05) is 51.6 Å². The Kier molecular flexibility index (Phi) is 6.10. The predicted molar refractivity (Wildman–Crippen MR) is 86.8 cm³/mol. The van der Waals surface area contributed by atoms with E-state index in [9.17, 15) is 14.0 Å². The molecule has 0 bridgehead atoms. The highest BCUT2D eigenvalue weighted by molar-refractivity contribution is 6.01. The van der Waals surface area contributed by atoms with Crippen molar-refractivity contribution in [3.63, 3.8) is 0 Å². The summed E-state index contributed by atoms with van der Waals surface area (Å²) in [5.41, 5.74) is 0.922. The van der Waals surface area contributed by atoms with Crippen LogP contribution in [0.3, 0.4) is 0 Å². The van der Waals surface area contributed by atoms with Gasteiger partial charge in [0.2, 0.25) is 11.8 Å². The van der Waals surface area contributed by atoms with Crippen molar-refractivity contribution in [3.05, 3.63) is 35.6 Å². The number of likely N-dealkylation sites (tertiary alicyclic amines) is 1. The number of rotatable bonds is 4. The molecule has 5 nitrogen and oxygen atoms in total. The van der Waals surface area contributed by atoms with Crippen molar-refractivity contribution in [2.24, 2.45) is 0 Å². The molecule has 2 heterocycles. The number of nitrogens with one attached hydrogen (secondary N) is 1. The molecule has 2 fully saturated rings. The summed E-state index contributed by atoms with van der Waals surface area (Å²) in [6.45, 7) is 3.46. The van der Waals surface area contributed by atoms with E-state index >= 15 is 0 Å². The van der Waals surface area contributed by atoms with Crippen LogP contribution in [0.4, 0.5) is 4.39 Å². The highest BCUT2D eigenvalue weighted by Crippen LogP contribution is 2.23. The van der Waals surface area contributed by atoms with Crippen molar-refractivity contribution in [1.29, 1.82) is 0 Å². The third-order valence-electron chi connectivity index (χ3n) is 4.35. The van der Waals surface area contributed by atoms with Gasteiger partial charge in [-0.25, -0.2) is 4.39 Å². The zero-order chi connectivity index (χ0) is 15.5. The molecular weight excluding hydrogens is 321 g/mol. The predicted octanol–water partition coefficient (Wildman–Crippen LogP) is 1.34. The van der Waals surface area contributed by atoms with E-state index in [0.29, 0.717) is 25.9 Å². The second-order valence-corrected chi connectivity index (χ2v) is 5.75. The Morgan fingerprint density at radius 3 is 2.61 bits per heavy atom. The largest absolute Gasteiger partial charge is 0.314 e. The molecule has 7 heteroatoms. The summed E-state index contributed by atoms with van der Waals surface area (Å²) >= 11 is 0. The van der Waals surface area contributed by atoms with E-state index in [-0.39, 0.29) is 36.1 Å². The first-order chi connectivity index (χ1) is 10.6. The summed E-state index contributed by atoms with van der Waals surface area (Å²) in [5, 5.41) is 3.32. The number of piperazine rings is 1. The average Bonchev–Trinajstić information content (AvgIpc) is 2.84. The molecule has 1 unspecified atom stereocenters. The van der Waals surface area contributed by atoms with Crippen LogP contribution in [-0.4, -0.2) is 54.3 Å². The van der Waals surface area contributed by atoms with E-state index in [0.717, 1.165) is 25.2 Å². The first-order valence-corrected chi connectivity index (χ1v) is 7.68. The van der Waals surface area contributed by atoms with Gasteiger partial charge in [0.15, 0.2) is 0 Å². The second-order valence-electron chi connectivity index (χ2n) is 5.75. The van der Waals surface area contributed by atoms with Crippen molar-refractivity contribution in [3.8, 4) is 0 Å². The van der Waals surface area contributed by atoms with Gasteiger partial charge in [0.1, 0.15) is 5.82 Å². The fourth-order valence-electron chi connectivity index (χ4n) is 3.16. The lowest BCUT2D eigenvalue weighted by Gasteiger charge is -2.37. The Morgan fingerprint density at radius 1 is 1.17 bits per heavy atom. The molecule has 2 saturated heterocycles. The van der Waals surface area contributed by atoms with Crippen LogP contribution in [0, 0.1) is 5.82 Å². The standard InChI is InChI=1S/C16H20FN3O2.ClH/c17-13-3-1-2-12(10-13)14-11-18-6-7-19(14)8-9-20-15(21)4-5-16(20)22;/h1-3,10,14,18H,4-9,11H2;1H. The maximum Gasteiger partial charge on any atom is 0.229 e. The van der Waals surface area contributed by atoms with E-state index in [1.807, 2.05) is 6.07 Å². The molecule has 2 aliphatic rings. The molecule has 0 aliphatic carbocycles. The van der Waals surface area contributed by atoms with Gasteiger partial charge in [0.05, 0.1) is 0 Å². The van der Waals surface area contributed by atoms with E-state index in [1.165, 1.54) is 11.0 Å². The number of nitrogens with zero attached hydrogens (tertiary/aromatic N) is 2. The highest BCUT2D eigenvalue weighted by Gasteiger charge is 2.30. The summed E-state index contributed by atoms with van der Waals surface area (Å²) in [6.07, 6.45) is 0.654. The molecule has 2 aliphatic heterocycles. The third kappa shape index (κ3) is 4.07. The second kappa shape index (κ2) is 7.86. The van der Waals surface area contributed by atoms with Crippen LogP contribution in [0.2, 0.25) is 0 Å². The number of imide groups is 1. The monoisotopic (exact) mass is 341 g/mol.